The van der Waals surface area contributed by atoms with Crippen LogP contribution in [0.15, 0.2) is 30.3 Å². The number of thiophene rings is 1. The van der Waals surface area contributed by atoms with E-state index >= 15 is 0 Å². The van der Waals surface area contributed by atoms with Gasteiger partial charge in [-0.1, -0.05) is 11.6 Å². The Hall–Kier alpha value is -1.30. The molecule has 0 fully saturated rings. The first-order chi connectivity index (χ1) is 9.17. The van der Waals surface area contributed by atoms with Gasteiger partial charge in [0.2, 0.25) is 0 Å². The van der Waals surface area contributed by atoms with Crippen molar-refractivity contribution in [3.05, 3.63) is 44.3 Å². The number of nitrogens with zero attached hydrogens (tertiary/aromatic N) is 1. The lowest BCUT2D eigenvalue weighted by Crippen LogP contribution is -1.97. The van der Waals surface area contributed by atoms with Crippen molar-refractivity contribution in [2.24, 2.45) is 0 Å². The number of ether oxygens (including phenoxy) is 1. The van der Waals surface area contributed by atoms with Gasteiger partial charge in [0, 0.05) is 10.9 Å². The van der Waals surface area contributed by atoms with Crippen LogP contribution in [-0.2, 0) is 6.54 Å². The van der Waals surface area contributed by atoms with Gasteiger partial charge in [0.05, 0.1) is 29.0 Å². The highest BCUT2D eigenvalue weighted by atomic mass is 35.5. The maximum atomic E-state index is 5.96. The number of imidazole rings is 1. The van der Waals surface area contributed by atoms with E-state index in [2.05, 4.69) is 9.55 Å². The third kappa shape index (κ3) is 2.41. The van der Waals surface area contributed by atoms with Crippen molar-refractivity contribution in [1.29, 1.82) is 0 Å². The number of aromatic amines is 1. The van der Waals surface area contributed by atoms with E-state index in [1.54, 1.807) is 18.4 Å². The Balaban J connectivity index is 2.11. The molecule has 0 aliphatic heterocycles. The SMILES string of the molecule is COc1ccc2[nH]c(=S)n(Cc3ccc(Cl)s3)c2c1. The first kappa shape index (κ1) is 12.7. The Kier molecular flexibility index (Phi) is 3.35. The highest BCUT2D eigenvalue weighted by Crippen LogP contribution is 2.25. The lowest BCUT2D eigenvalue weighted by molar-refractivity contribution is 0.415. The second kappa shape index (κ2) is 5.00. The van der Waals surface area contributed by atoms with Crippen LogP contribution in [0.25, 0.3) is 11.0 Å². The molecule has 0 bridgehead atoms. The predicted molar refractivity (Wildman–Crippen MR) is 82.1 cm³/mol. The summed E-state index contributed by atoms with van der Waals surface area (Å²) in [5, 5.41) is 0. The first-order valence-corrected chi connectivity index (χ1v) is 7.28. The molecule has 3 rings (SSSR count). The van der Waals surface area contributed by atoms with Crippen LogP contribution in [0.2, 0.25) is 4.34 Å². The number of hydrogen-bond acceptors (Lipinski definition) is 3. The molecule has 0 atom stereocenters. The largest absolute Gasteiger partial charge is 0.497 e. The number of aromatic nitrogens is 2. The molecule has 1 aromatic carbocycles. The second-order valence-electron chi connectivity index (χ2n) is 4.11. The molecule has 0 aliphatic rings. The summed E-state index contributed by atoms with van der Waals surface area (Å²) in [5.74, 6) is 0.819. The van der Waals surface area contributed by atoms with Gasteiger partial charge in [-0.15, -0.1) is 11.3 Å². The zero-order valence-corrected chi connectivity index (χ0v) is 12.5. The van der Waals surface area contributed by atoms with Gasteiger partial charge in [-0.2, -0.15) is 0 Å². The third-order valence-electron chi connectivity index (χ3n) is 2.93. The minimum absolute atomic E-state index is 0.702. The summed E-state index contributed by atoms with van der Waals surface area (Å²) >= 11 is 12.9. The van der Waals surface area contributed by atoms with Gasteiger partial charge >= 0.3 is 0 Å². The molecule has 0 radical (unpaired) electrons. The van der Waals surface area contributed by atoms with E-state index < -0.39 is 0 Å². The van der Waals surface area contributed by atoms with E-state index in [9.17, 15) is 0 Å². The Morgan fingerprint density at radius 3 is 2.89 bits per heavy atom. The smallest absolute Gasteiger partial charge is 0.178 e. The highest BCUT2D eigenvalue weighted by Gasteiger charge is 2.07. The summed E-state index contributed by atoms with van der Waals surface area (Å²) in [7, 11) is 1.66. The van der Waals surface area contributed by atoms with E-state index in [0.29, 0.717) is 11.3 Å². The molecule has 1 N–H and O–H groups in total. The molecule has 0 aliphatic carbocycles. The topological polar surface area (TPSA) is 29.9 Å². The fraction of sp³-hybridized carbons (Fsp3) is 0.154. The fourth-order valence-corrected chi connectivity index (χ4v) is 3.36. The van der Waals surface area contributed by atoms with Crippen LogP contribution in [0.5, 0.6) is 5.75 Å². The summed E-state index contributed by atoms with van der Waals surface area (Å²) in [5.41, 5.74) is 2.04. The molecule has 0 amide bonds. The van der Waals surface area contributed by atoms with Crippen molar-refractivity contribution in [2.45, 2.75) is 6.54 Å². The molecular weight excluding hydrogens is 300 g/mol. The molecular formula is C13H11ClN2OS2. The number of nitrogens with one attached hydrogen (secondary N) is 1. The van der Waals surface area contributed by atoms with Crippen molar-refractivity contribution in [3.8, 4) is 5.75 Å². The van der Waals surface area contributed by atoms with E-state index in [1.165, 1.54) is 4.88 Å². The summed E-state index contributed by atoms with van der Waals surface area (Å²) in [6, 6.07) is 9.80. The molecule has 19 heavy (non-hydrogen) atoms. The predicted octanol–water partition coefficient (Wildman–Crippen LogP) is 4.47. The Morgan fingerprint density at radius 1 is 1.37 bits per heavy atom. The number of H-pyrrole nitrogens is 1. The molecule has 0 saturated carbocycles. The molecule has 0 spiro atoms. The average Bonchev–Trinajstić information content (AvgIpc) is 2.94. The van der Waals surface area contributed by atoms with Crippen LogP contribution >= 0.6 is 35.2 Å². The summed E-state index contributed by atoms with van der Waals surface area (Å²) in [6.07, 6.45) is 0. The second-order valence-corrected chi connectivity index (χ2v) is 6.29. The Bertz CT molecular complexity index is 787. The number of halogens is 1. The molecule has 6 heteroatoms. The van der Waals surface area contributed by atoms with Crippen LogP contribution in [0, 0.1) is 4.77 Å². The van der Waals surface area contributed by atoms with Crippen LogP contribution in [-0.4, -0.2) is 16.7 Å². The number of methoxy groups -OCH3 is 1. The van der Waals surface area contributed by atoms with Gasteiger partial charge in [0.25, 0.3) is 0 Å². The molecule has 0 saturated heterocycles. The summed E-state index contributed by atoms with van der Waals surface area (Å²) in [6.45, 7) is 0.712. The Morgan fingerprint density at radius 2 is 2.21 bits per heavy atom. The number of benzene rings is 1. The normalized spacial score (nSPS) is 11.1. The van der Waals surface area contributed by atoms with Crippen molar-refractivity contribution in [1.82, 2.24) is 9.55 Å². The number of rotatable bonds is 3. The van der Waals surface area contributed by atoms with Crippen LogP contribution in [0.3, 0.4) is 0 Å². The lowest BCUT2D eigenvalue weighted by Gasteiger charge is -2.04. The monoisotopic (exact) mass is 310 g/mol. The van der Waals surface area contributed by atoms with Gasteiger partial charge in [0.1, 0.15) is 5.75 Å². The minimum atomic E-state index is 0.702. The standard InChI is InChI=1S/C13H11ClN2OS2/c1-17-8-2-4-10-11(6-8)16(13(18)15-10)7-9-3-5-12(14)19-9/h2-6H,7H2,1H3,(H,15,18). The lowest BCUT2D eigenvalue weighted by atomic mass is 10.3. The molecule has 3 nitrogen and oxygen atoms in total. The van der Waals surface area contributed by atoms with Crippen LogP contribution in [0.1, 0.15) is 4.88 Å². The average molecular weight is 311 g/mol. The maximum Gasteiger partial charge on any atom is 0.178 e. The third-order valence-corrected chi connectivity index (χ3v) is 4.46. The number of fused-ring (bicyclic) bond motifs is 1. The molecule has 2 heterocycles. The molecule has 98 valence electrons. The summed E-state index contributed by atoms with van der Waals surface area (Å²) < 4.78 is 8.80. The van der Waals surface area contributed by atoms with Crippen molar-refractivity contribution >= 4 is 46.2 Å². The van der Waals surface area contributed by atoms with E-state index in [-0.39, 0.29) is 0 Å². The first-order valence-electron chi connectivity index (χ1n) is 5.68. The van der Waals surface area contributed by atoms with Crippen molar-refractivity contribution in [3.63, 3.8) is 0 Å². The van der Waals surface area contributed by atoms with E-state index in [4.69, 9.17) is 28.6 Å². The van der Waals surface area contributed by atoms with Gasteiger partial charge in [-0.05, 0) is 36.5 Å². The molecule has 2 aromatic heterocycles. The zero-order chi connectivity index (χ0) is 13.4. The van der Waals surface area contributed by atoms with Crippen molar-refractivity contribution in [2.75, 3.05) is 7.11 Å². The summed E-state index contributed by atoms with van der Waals surface area (Å²) in [4.78, 5) is 4.37. The van der Waals surface area contributed by atoms with Gasteiger partial charge in [-0.3, -0.25) is 0 Å². The van der Waals surface area contributed by atoms with Gasteiger partial charge < -0.3 is 14.3 Å². The zero-order valence-electron chi connectivity index (χ0n) is 10.1. The van der Waals surface area contributed by atoms with Crippen LogP contribution in [0.4, 0.5) is 0 Å². The van der Waals surface area contributed by atoms with E-state index in [0.717, 1.165) is 21.1 Å². The molecule has 3 aromatic rings. The molecule has 0 unspecified atom stereocenters. The van der Waals surface area contributed by atoms with E-state index in [1.807, 2.05) is 30.3 Å². The fourth-order valence-electron chi connectivity index (χ4n) is 2.01. The van der Waals surface area contributed by atoms with Gasteiger partial charge in [0.15, 0.2) is 4.77 Å². The van der Waals surface area contributed by atoms with Crippen LogP contribution < -0.4 is 4.74 Å². The van der Waals surface area contributed by atoms with Gasteiger partial charge in [-0.25, -0.2) is 0 Å². The quantitative estimate of drug-likeness (QED) is 0.723. The van der Waals surface area contributed by atoms with Crippen molar-refractivity contribution < 1.29 is 4.74 Å². The maximum absolute atomic E-state index is 5.96. The highest BCUT2D eigenvalue weighted by molar-refractivity contribution is 7.71. The number of hydrogen-bond donors (Lipinski definition) is 1. The Labute approximate surface area is 124 Å². The minimum Gasteiger partial charge on any atom is -0.497 e.